The molecular weight excluding hydrogens is 212 g/mol. The third-order valence-corrected chi connectivity index (χ3v) is 3.33. The number of rotatable bonds is 12. The highest BCUT2D eigenvalue weighted by atomic mass is 16.3. The molecular formula is C15H32O2. The number of aliphatic hydroxyl groups excluding tert-OH is 2. The van der Waals surface area contributed by atoms with Gasteiger partial charge < -0.3 is 10.2 Å². The van der Waals surface area contributed by atoms with E-state index in [1.807, 2.05) is 0 Å². The van der Waals surface area contributed by atoms with Crippen molar-refractivity contribution < 1.29 is 10.2 Å². The van der Waals surface area contributed by atoms with E-state index in [9.17, 15) is 10.2 Å². The second-order valence-corrected chi connectivity index (χ2v) is 5.24. The lowest BCUT2D eigenvalue weighted by Crippen LogP contribution is -2.17. The molecule has 104 valence electrons. The Morgan fingerprint density at radius 3 is 1.41 bits per heavy atom. The Morgan fingerprint density at radius 1 is 0.647 bits per heavy atom. The SMILES string of the molecule is CCCCCCC(O)CC(O)CCCCCC. The van der Waals surface area contributed by atoms with E-state index >= 15 is 0 Å². The van der Waals surface area contributed by atoms with Crippen LogP contribution in [-0.2, 0) is 0 Å². The second kappa shape index (κ2) is 12.4. The van der Waals surface area contributed by atoms with Crippen molar-refractivity contribution in [2.45, 2.75) is 96.7 Å². The zero-order valence-electron chi connectivity index (χ0n) is 11.8. The van der Waals surface area contributed by atoms with Gasteiger partial charge in [0.15, 0.2) is 0 Å². The summed E-state index contributed by atoms with van der Waals surface area (Å²) < 4.78 is 0. The number of unbranched alkanes of at least 4 members (excludes halogenated alkanes) is 6. The first-order valence-electron chi connectivity index (χ1n) is 7.56. The summed E-state index contributed by atoms with van der Waals surface area (Å²) in [5.41, 5.74) is 0. The molecule has 0 aromatic rings. The van der Waals surface area contributed by atoms with Crippen LogP contribution in [-0.4, -0.2) is 22.4 Å². The summed E-state index contributed by atoms with van der Waals surface area (Å²) in [7, 11) is 0. The van der Waals surface area contributed by atoms with Gasteiger partial charge in [-0.15, -0.1) is 0 Å². The average Bonchev–Trinajstić information content (AvgIpc) is 2.30. The van der Waals surface area contributed by atoms with Gasteiger partial charge in [0.2, 0.25) is 0 Å². The van der Waals surface area contributed by atoms with Crippen molar-refractivity contribution in [1.82, 2.24) is 0 Å². The van der Waals surface area contributed by atoms with Gasteiger partial charge in [-0.1, -0.05) is 65.2 Å². The Kier molecular flexibility index (Phi) is 12.3. The first-order valence-corrected chi connectivity index (χ1v) is 7.56. The topological polar surface area (TPSA) is 40.5 Å². The highest BCUT2D eigenvalue weighted by Gasteiger charge is 2.11. The molecule has 0 saturated heterocycles. The van der Waals surface area contributed by atoms with E-state index in [-0.39, 0.29) is 12.2 Å². The highest BCUT2D eigenvalue weighted by molar-refractivity contribution is 4.64. The van der Waals surface area contributed by atoms with E-state index in [0.717, 1.165) is 25.7 Å². The maximum atomic E-state index is 9.76. The molecule has 0 aliphatic carbocycles. The molecule has 0 aliphatic heterocycles. The van der Waals surface area contributed by atoms with Crippen molar-refractivity contribution in [3.63, 3.8) is 0 Å². The van der Waals surface area contributed by atoms with E-state index in [1.165, 1.54) is 38.5 Å². The van der Waals surface area contributed by atoms with Gasteiger partial charge in [-0.05, 0) is 19.3 Å². The summed E-state index contributed by atoms with van der Waals surface area (Å²) in [5, 5.41) is 19.5. The molecule has 0 saturated carbocycles. The van der Waals surface area contributed by atoms with Gasteiger partial charge in [-0.2, -0.15) is 0 Å². The molecule has 0 aromatic heterocycles. The van der Waals surface area contributed by atoms with E-state index in [1.54, 1.807) is 0 Å². The molecule has 2 heteroatoms. The van der Waals surface area contributed by atoms with Crippen LogP contribution in [0.25, 0.3) is 0 Å². The Labute approximate surface area is 107 Å². The summed E-state index contributed by atoms with van der Waals surface area (Å²) in [5.74, 6) is 0. The minimum Gasteiger partial charge on any atom is -0.393 e. The maximum absolute atomic E-state index is 9.76. The predicted octanol–water partition coefficient (Wildman–Crippen LogP) is 4.04. The zero-order valence-corrected chi connectivity index (χ0v) is 11.8. The molecule has 0 radical (unpaired) electrons. The van der Waals surface area contributed by atoms with Crippen molar-refractivity contribution >= 4 is 0 Å². The fourth-order valence-corrected chi connectivity index (χ4v) is 2.16. The summed E-state index contributed by atoms with van der Waals surface area (Å²) >= 11 is 0. The van der Waals surface area contributed by atoms with Crippen molar-refractivity contribution in [1.29, 1.82) is 0 Å². The van der Waals surface area contributed by atoms with Gasteiger partial charge in [0.25, 0.3) is 0 Å². The molecule has 0 rings (SSSR count). The molecule has 2 N–H and O–H groups in total. The van der Waals surface area contributed by atoms with Crippen LogP contribution in [0.4, 0.5) is 0 Å². The van der Waals surface area contributed by atoms with Crippen LogP contribution in [0, 0.1) is 0 Å². The highest BCUT2D eigenvalue weighted by Crippen LogP contribution is 2.13. The molecule has 2 nitrogen and oxygen atoms in total. The van der Waals surface area contributed by atoms with Crippen molar-refractivity contribution in [3.8, 4) is 0 Å². The van der Waals surface area contributed by atoms with Gasteiger partial charge in [-0.3, -0.25) is 0 Å². The number of aliphatic hydroxyl groups is 2. The maximum Gasteiger partial charge on any atom is 0.0564 e. The van der Waals surface area contributed by atoms with E-state index < -0.39 is 0 Å². The molecule has 2 atom stereocenters. The van der Waals surface area contributed by atoms with Crippen LogP contribution < -0.4 is 0 Å². The smallest absolute Gasteiger partial charge is 0.0564 e. The number of hydrogen-bond acceptors (Lipinski definition) is 2. The molecule has 0 aromatic carbocycles. The molecule has 0 bridgehead atoms. The largest absolute Gasteiger partial charge is 0.393 e. The van der Waals surface area contributed by atoms with Gasteiger partial charge in [0, 0.05) is 0 Å². The van der Waals surface area contributed by atoms with E-state index in [2.05, 4.69) is 13.8 Å². The molecule has 0 fully saturated rings. The summed E-state index contributed by atoms with van der Waals surface area (Å²) in [6.45, 7) is 4.38. The summed E-state index contributed by atoms with van der Waals surface area (Å²) in [6, 6.07) is 0. The lowest BCUT2D eigenvalue weighted by Gasteiger charge is -2.15. The Bertz CT molecular complexity index is 132. The monoisotopic (exact) mass is 244 g/mol. The molecule has 0 heterocycles. The van der Waals surface area contributed by atoms with Gasteiger partial charge >= 0.3 is 0 Å². The standard InChI is InChI=1S/C15H32O2/c1-3-5-7-9-11-14(16)13-15(17)12-10-8-6-4-2/h14-17H,3-13H2,1-2H3. The minimum atomic E-state index is -0.298. The van der Waals surface area contributed by atoms with Crippen LogP contribution in [0.5, 0.6) is 0 Å². The van der Waals surface area contributed by atoms with Crippen LogP contribution >= 0.6 is 0 Å². The minimum absolute atomic E-state index is 0.298. The van der Waals surface area contributed by atoms with Gasteiger partial charge in [0.05, 0.1) is 12.2 Å². The van der Waals surface area contributed by atoms with Crippen LogP contribution in [0.2, 0.25) is 0 Å². The van der Waals surface area contributed by atoms with Crippen LogP contribution in [0.1, 0.15) is 84.5 Å². The fourth-order valence-electron chi connectivity index (χ4n) is 2.16. The van der Waals surface area contributed by atoms with E-state index in [0.29, 0.717) is 6.42 Å². The second-order valence-electron chi connectivity index (χ2n) is 5.24. The Morgan fingerprint density at radius 2 is 1.06 bits per heavy atom. The normalized spacial score (nSPS) is 14.8. The quantitative estimate of drug-likeness (QED) is 0.509. The van der Waals surface area contributed by atoms with Crippen molar-refractivity contribution in [3.05, 3.63) is 0 Å². The Hall–Kier alpha value is -0.0800. The first-order chi connectivity index (χ1) is 8.20. The van der Waals surface area contributed by atoms with Gasteiger partial charge in [0.1, 0.15) is 0 Å². The zero-order chi connectivity index (χ0) is 12.9. The first kappa shape index (κ1) is 16.9. The molecule has 17 heavy (non-hydrogen) atoms. The molecule has 0 amide bonds. The fraction of sp³-hybridized carbons (Fsp3) is 1.00. The molecule has 0 spiro atoms. The van der Waals surface area contributed by atoms with Gasteiger partial charge in [-0.25, -0.2) is 0 Å². The lowest BCUT2D eigenvalue weighted by atomic mass is 10.0. The third-order valence-electron chi connectivity index (χ3n) is 3.33. The van der Waals surface area contributed by atoms with Crippen molar-refractivity contribution in [2.24, 2.45) is 0 Å². The summed E-state index contributed by atoms with van der Waals surface area (Å²) in [6.07, 6.45) is 11.3. The Balaban J connectivity index is 3.35. The molecule has 0 aliphatic rings. The average molecular weight is 244 g/mol. The number of hydrogen-bond donors (Lipinski definition) is 2. The summed E-state index contributed by atoms with van der Waals surface area (Å²) in [4.78, 5) is 0. The predicted molar refractivity (Wildman–Crippen MR) is 74.1 cm³/mol. The van der Waals surface area contributed by atoms with Crippen molar-refractivity contribution in [2.75, 3.05) is 0 Å². The molecule has 2 unspecified atom stereocenters. The lowest BCUT2D eigenvalue weighted by molar-refractivity contribution is 0.0681. The van der Waals surface area contributed by atoms with Crippen LogP contribution in [0.15, 0.2) is 0 Å². The van der Waals surface area contributed by atoms with E-state index in [4.69, 9.17) is 0 Å². The van der Waals surface area contributed by atoms with Crippen LogP contribution in [0.3, 0.4) is 0 Å². The third kappa shape index (κ3) is 12.2.